The van der Waals surface area contributed by atoms with Crippen molar-refractivity contribution < 1.29 is 4.79 Å². The maximum Gasteiger partial charge on any atom is 0.215 e. The lowest BCUT2D eigenvalue weighted by Crippen LogP contribution is -2.22. The maximum absolute atomic E-state index is 11.0. The molecule has 0 saturated heterocycles. The van der Waals surface area contributed by atoms with E-state index in [2.05, 4.69) is 10.1 Å². The molecule has 6 nitrogen and oxygen atoms in total. The smallest absolute Gasteiger partial charge is 0.215 e. The van der Waals surface area contributed by atoms with Gasteiger partial charge < -0.3 is 10.6 Å². The normalized spacial score (nSPS) is 12.6. The molecule has 0 saturated carbocycles. The monoisotopic (exact) mass is 247 g/mol. The van der Waals surface area contributed by atoms with Crippen LogP contribution in [-0.2, 0) is 11.3 Å². The molecule has 1 amide bonds. The fraction of sp³-hybridized carbons (Fsp3) is 0.417. The van der Waals surface area contributed by atoms with Gasteiger partial charge in [-0.2, -0.15) is 5.10 Å². The molecule has 1 atom stereocenters. The summed E-state index contributed by atoms with van der Waals surface area (Å²) in [7, 11) is 1.71. The Kier molecular flexibility index (Phi) is 3.57. The lowest BCUT2D eigenvalue weighted by Gasteiger charge is -2.14. The number of nitrogens with zero attached hydrogens (tertiary/aromatic N) is 4. The number of rotatable bonds is 5. The van der Waals surface area contributed by atoms with Gasteiger partial charge in [-0.15, -0.1) is 0 Å². The quantitative estimate of drug-likeness (QED) is 0.791. The molecule has 2 aromatic rings. The molecule has 2 aromatic heterocycles. The predicted octanol–water partition coefficient (Wildman–Crippen LogP) is 0.761. The molecule has 18 heavy (non-hydrogen) atoms. The fourth-order valence-electron chi connectivity index (χ4n) is 1.88. The van der Waals surface area contributed by atoms with Gasteiger partial charge in [-0.25, -0.2) is 4.68 Å². The van der Waals surface area contributed by atoms with Gasteiger partial charge in [0, 0.05) is 31.2 Å². The molecule has 0 aliphatic carbocycles. The highest BCUT2D eigenvalue weighted by Gasteiger charge is 2.14. The first-order valence-corrected chi connectivity index (χ1v) is 5.87. The average molecular weight is 247 g/mol. The number of fused-ring (bicyclic) bond motifs is 1. The van der Waals surface area contributed by atoms with E-state index in [1.54, 1.807) is 19.4 Å². The van der Waals surface area contributed by atoms with Crippen LogP contribution in [0.2, 0.25) is 0 Å². The molecule has 2 heterocycles. The van der Waals surface area contributed by atoms with Gasteiger partial charge in [-0.1, -0.05) is 0 Å². The Hall–Kier alpha value is -1.95. The van der Waals surface area contributed by atoms with Crippen molar-refractivity contribution in [2.45, 2.75) is 25.9 Å². The number of aryl methyl sites for hydroxylation is 1. The molecule has 0 aromatic carbocycles. The number of hydrogen-bond donors (Lipinski definition) is 1. The van der Waals surface area contributed by atoms with E-state index >= 15 is 0 Å². The topological polar surface area (TPSA) is 77.0 Å². The van der Waals surface area contributed by atoms with E-state index < -0.39 is 0 Å². The van der Waals surface area contributed by atoms with Crippen molar-refractivity contribution in [3.05, 3.63) is 18.5 Å². The van der Waals surface area contributed by atoms with E-state index in [4.69, 9.17) is 5.73 Å². The van der Waals surface area contributed by atoms with Crippen LogP contribution < -0.4 is 10.6 Å². The molecule has 2 N–H and O–H groups in total. The predicted molar refractivity (Wildman–Crippen MR) is 70.3 cm³/mol. The first kappa shape index (κ1) is 12.5. The highest BCUT2D eigenvalue weighted by molar-refractivity contribution is 5.94. The van der Waals surface area contributed by atoms with Crippen LogP contribution in [0.5, 0.6) is 0 Å². The van der Waals surface area contributed by atoms with Crippen LogP contribution in [0.1, 0.15) is 13.3 Å². The molecule has 0 radical (unpaired) electrons. The Morgan fingerprint density at radius 1 is 1.61 bits per heavy atom. The van der Waals surface area contributed by atoms with Gasteiger partial charge >= 0.3 is 0 Å². The molecule has 0 aliphatic heterocycles. The molecular weight excluding hydrogens is 230 g/mol. The minimum atomic E-state index is 0.102. The van der Waals surface area contributed by atoms with E-state index in [0.717, 1.165) is 29.6 Å². The van der Waals surface area contributed by atoms with Gasteiger partial charge in [-0.05, 0) is 19.4 Å². The number of carbonyl (C=O) groups is 1. The van der Waals surface area contributed by atoms with Crippen LogP contribution in [0.4, 0.5) is 5.82 Å². The maximum atomic E-state index is 11.0. The largest absolute Gasteiger partial charge is 0.328 e. The first-order valence-electron chi connectivity index (χ1n) is 5.87. The number of aromatic nitrogens is 3. The zero-order valence-electron chi connectivity index (χ0n) is 10.6. The lowest BCUT2D eigenvalue weighted by molar-refractivity contribution is -0.107. The summed E-state index contributed by atoms with van der Waals surface area (Å²) in [6, 6.07) is 1.96. The number of hydrogen-bond acceptors (Lipinski definition) is 4. The Labute approximate surface area is 105 Å². The first-order chi connectivity index (χ1) is 8.63. The van der Waals surface area contributed by atoms with Crippen molar-refractivity contribution in [3.8, 4) is 0 Å². The van der Waals surface area contributed by atoms with E-state index in [9.17, 15) is 4.79 Å². The van der Waals surface area contributed by atoms with Crippen LogP contribution in [0.25, 0.3) is 10.9 Å². The van der Waals surface area contributed by atoms with Crippen LogP contribution in [0, 0.1) is 0 Å². The van der Waals surface area contributed by atoms with Crippen LogP contribution in [0.15, 0.2) is 18.5 Å². The minimum absolute atomic E-state index is 0.102. The number of nitrogens with two attached hydrogens (primary N) is 1. The Bertz CT molecular complexity index is 548. The molecule has 0 fully saturated rings. The second-order valence-corrected chi connectivity index (χ2v) is 4.42. The van der Waals surface area contributed by atoms with E-state index in [1.807, 2.05) is 17.7 Å². The van der Waals surface area contributed by atoms with E-state index in [1.165, 1.54) is 4.90 Å². The molecule has 2 rings (SSSR count). The fourth-order valence-corrected chi connectivity index (χ4v) is 1.88. The van der Waals surface area contributed by atoms with Crippen molar-refractivity contribution in [3.63, 3.8) is 0 Å². The van der Waals surface area contributed by atoms with Gasteiger partial charge in [0.2, 0.25) is 6.41 Å². The molecular formula is C12H17N5O. The van der Waals surface area contributed by atoms with E-state index in [0.29, 0.717) is 6.54 Å². The Morgan fingerprint density at radius 3 is 3.06 bits per heavy atom. The highest BCUT2D eigenvalue weighted by Crippen LogP contribution is 2.24. The second kappa shape index (κ2) is 5.14. The summed E-state index contributed by atoms with van der Waals surface area (Å²) < 4.78 is 1.81. The van der Waals surface area contributed by atoms with Crippen molar-refractivity contribution in [2.75, 3.05) is 11.9 Å². The van der Waals surface area contributed by atoms with Crippen molar-refractivity contribution in [1.82, 2.24) is 14.8 Å². The third kappa shape index (κ3) is 2.33. The molecule has 96 valence electrons. The highest BCUT2D eigenvalue weighted by atomic mass is 16.1. The Balaban J connectivity index is 2.46. The molecule has 0 bridgehead atoms. The zero-order chi connectivity index (χ0) is 13.1. The summed E-state index contributed by atoms with van der Waals surface area (Å²) in [5.74, 6) is 0.781. The second-order valence-electron chi connectivity index (χ2n) is 4.42. The molecule has 0 aliphatic rings. The van der Waals surface area contributed by atoms with E-state index in [-0.39, 0.29) is 6.04 Å². The molecule has 0 spiro atoms. The Morgan fingerprint density at radius 2 is 2.39 bits per heavy atom. The van der Waals surface area contributed by atoms with Crippen LogP contribution in [0.3, 0.4) is 0 Å². The number of anilines is 1. The summed E-state index contributed by atoms with van der Waals surface area (Å²) in [5.41, 5.74) is 6.54. The van der Waals surface area contributed by atoms with Gasteiger partial charge in [0.05, 0.1) is 6.20 Å². The van der Waals surface area contributed by atoms with Crippen molar-refractivity contribution in [2.24, 2.45) is 5.73 Å². The number of carbonyl (C=O) groups excluding carboxylic acids is 1. The summed E-state index contributed by atoms with van der Waals surface area (Å²) >= 11 is 0. The van der Waals surface area contributed by atoms with Gasteiger partial charge in [0.15, 0.2) is 0 Å². The van der Waals surface area contributed by atoms with Gasteiger partial charge in [-0.3, -0.25) is 9.78 Å². The van der Waals surface area contributed by atoms with Crippen LogP contribution >= 0.6 is 0 Å². The van der Waals surface area contributed by atoms with Crippen LogP contribution in [-0.4, -0.2) is 34.3 Å². The summed E-state index contributed by atoms with van der Waals surface area (Å²) in [4.78, 5) is 16.5. The number of amides is 1. The molecule has 1 unspecified atom stereocenters. The third-order valence-electron chi connectivity index (χ3n) is 2.80. The zero-order valence-corrected chi connectivity index (χ0v) is 10.6. The van der Waals surface area contributed by atoms with Gasteiger partial charge in [0.1, 0.15) is 11.3 Å². The third-order valence-corrected chi connectivity index (χ3v) is 2.80. The standard InChI is InChI=1S/C12H17N5O/c1-9(13)4-6-17-12(16(2)8-18)10-3-5-14-7-11(10)15-17/h3,5,7-9H,4,6,13H2,1-2H3. The number of pyridine rings is 1. The molecule has 6 heteroatoms. The SMILES string of the molecule is CC(N)CCn1nc2cnccc2c1N(C)C=O. The summed E-state index contributed by atoms with van der Waals surface area (Å²) in [5, 5.41) is 5.37. The average Bonchev–Trinajstić information content (AvgIpc) is 2.73. The minimum Gasteiger partial charge on any atom is -0.328 e. The van der Waals surface area contributed by atoms with Crippen molar-refractivity contribution >= 4 is 23.1 Å². The van der Waals surface area contributed by atoms with Crippen molar-refractivity contribution in [1.29, 1.82) is 0 Å². The summed E-state index contributed by atoms with van der Waals surface area (Å²) in [6.07, 6.45) is 4.97. The van der Waals surface area contributed by atoms with Gasteiger partial charge in [0.25, 0.3) is 0 Å². The summed E-state index contributed by atoms with van der Waals surface area (Å²) in [6.45, 7) is 2.63. The lowest BCUT2D eigenvalue weighted by atomic mass is 10.2.